The molecule has 1 atom stereocenters. The lowest BCUT2D eigenvalue weighted by atomic mass is 10.0. The minimum absolute atomic E-state index is 0.516. The van der Waals surface area contributed by atoms with Crippen LogP contribution < -0.4 is 15.4 Å². The minimum atomic E-state index is 0.516. The standard InChI is InChI=1S/C19H29N3OS/c1-3-14-23-18-9-7-17(8-10-18)21-19(24)20-11-5-13-22-12-4-6-16(2)15-22/h3,7-10,16H,1,4-6,11-15H2,2H3,(H2,20,21,24). The zero-order valence-corrected chi connectivity index (χ0v) is 15.4. The number of nitrogens with one attached hydrogen (secondary N) is 2. The van der Waals surface area contributed by atoms with Crippen molar-refractivity contribution in [3.63, 3.8) is 0 Å². The SMILES string of the molecule is C=CCOc1ccc(NC(=S)NCCCN2CCCC(C)C2)cc1. The van der Waals surface area contributed by atoms with E-state index in [2.05, 4.69) is 29.0 Å². The molecule has 1 unspecified atom stereocenters. The van der Waals surface area contributed by atoms with Crippen molar-refractivity contribution < 1.29 is 4.74 Å². The Morgan fingerprint density at radius 1 is 1.42 bits per heavy atom. The molecule has 0 spiro atoms. The number of likely N-dealkylation sites (tertiary alicyclic amines) is 1. The fraction of sp³-hybridized carbons (Fsp3) is 0.526. The minimum Gasteiger partial charge on any atom is -0.490 e. The molecule has 0 aromatic heterocycles. The van der Waals surface area contributed by atoms with Crippen LogP contribution in [0.4, 0.5) is 5.69 Å². The largest absolute Gasteiger partial charge is 0.490 e. The van der Waals surface area contributed by atoms with E-state index in [0.29, 0.717) is 11.7 Å². The second kappa shape index (κ2) is 10.3. The van der Waals surface area contributed by atoms with Crippen molar-refractivity contribution >= 4 is 23.0 Å². The first-order valence-corrected chi connectivity index (χ1v) is 9.19. The van der Waals surface area contributed by atoms with E-state index >= 15 is 0 Å². The van der Waals surface area contributed by atoms with Crippen molar-refractivity contribution in [3.05, 3.63) is 36.9 Å². The molecule has 1 saturated heterocycles. The molecule has 1 aromatic carbocycles. The van der Waals surface area contributed by atoms with E-state index < -0.39 is 0 Å². The number of piperidine rings is 1. The summed E-state index contributed by atoms with van der Waals surface area (Å²) in [5.74, 6) is 1.67. The molecule has 2 N–H and O–H groups in total. The van der Waals surface area contributed by atoms with Crippen LogP contribution in [0.15, 0.2) is 36.9 Å². The molecular formula is C19H29N3OS. The third-order valence-corrected chi connectivity index (χ3v) is 4.40. The highest BCUT2D eigenvalue weighted by molar-refractivity contribution is 7.80. The van der Waals surface area contributed by atoms with Crippen molar-refractivity contribution in [2.24, 2.45) is 5.92 Å². The van der Waals surface area contributed by atoms with E-state index in [4.69, 9.17) is 17.0 Å². The van der Waals surface area contributed by atoms with E-state index in [1.54, 1.807) is 6.08 Å². The van der Waals surface area contributed by atoms with Gasteiger partial charge in [-0.05, 0) is 74.8 Å². The molecule has 1 heterocycles. The maximum absolute atomic E-state index is 5.46. The number of benzene rings is 1. The van der Waals surface area contributed by atoms with Gasteiger partial charge in [0, 0.05) is 18.8 Å². The molecule has 132 valence electrons. The van der Waals surface area contributed by atoms with Gasteiger partial charge in [-0.3, -0.25) is 0 Å². The van der Waals surface area contributed by atoms with E-state index in [9.17, 15) is 0 Å². The van der Waals surface area contributed by atoms with Crippen LogP contribution in [0.25, 0.3) is 0 Å². The predicted octanol–water partition coefficient (Wildman–Crippen LogP) is 3.66. The van der Waals surface area contributed by atoms with Crippen molar-refractivity contribution in [2.75, 3.05) is 38.1 Å². The summed E-state index contributed by atoms with van der Waals surface area (Å²) in [6.07, 6.45) is 5.56. The third kappa shape index (κ3) is 6.89. The predicted molar refractivity (Wildman–Crippen MR) is 106 cm³/mol. The van der Waals surface area contributed by atoms with Gasteiger partial charge in [0.05, 0.1) is 0 Å². The maximum Gasteiger partial charge on any atom is 0.170 e. The first-order valence-electron chi connectivity index (χ1n) is 8.78. The summed E-state index contributed by atoms with van der Waals surface area (Å²) in [7, 11) is 0. The van der Waals surface area contributed by atoms with Crippen LogP contribution in [0.2, 0.25) is 0 Å². The molecule has 4 nitrogen and oxygen atoms in total. The first-order chi connectivity index (χ1) is 11.7. The zero-order valence-electron chi connectivity index (χ0n) is 14.6. The number of thiocarbonyl (C=S) groups is 1. The Hall–Kier alpha value is -1.59. The lowest BCUT2D eigenvalue weighted by Gasteiger charge is -2.30. The van der Waals surface area contributed by atoms with E-state index in [0.717, 1.165) is 36.9 Å². The Balaban J connectivity index is 1.61. The highest BCUT2D eigenvalue weighted by Crippen LogP contribution is 2.16. The monoisotopic (exact) mass is 347 g/mol. The molecule has 1 aromatic rings. The molecule has 1 aliphatic heterocycles. The van der Waals surface area contributed by atoms with Crippen LogP contribution in [-0.2, 0) is 0 Å². The molecule has 0 saturated carbocycles. The Morgan fingerprint density at radius 3 is 2.92 bits per heavy atom. The molecule has 0 bridgehead atoms. The van der Waals surface area contributed by atoms with Crippen LogP contribution >= 0.6 is 12.2 Å². The van der Waals surface area contributed by atoms with Crippen LogP contribution in [0.3, 0.4) is 0 Å². The number of hydrogen-bond acceptors (Lipinski definition) is 3. The second-order valence-electron chi connectivity index (χ2n) is 6.41. The van der Waals surface area contributed by atoms with Crippen molar-refractivity contribution in [1.29, 1.82) is 0 Å². The van der Waals surface area contributed by atoms with Gasteiger partial charge >= 0.3 is 0 Å². The Kier molecular flexibility index (Phi) is 8.05. The van der Waals surface area contributed by atoms with Crippen LogP contribution in [0, 0.1) is 5.92 Å². The topological polar surface area (TPSA) is 36.5 Å². The zero-order chi connectivity index (χ0) is 17.2. The number of anilines is 1. The normalized spacial score (nSPS) is 18.0. The van der Waals surface area contributed by atoms with Crippen LogP contribution in [-0.4, -0.2) is 42.8 Å². The van der Waals surface area contributed by atoms with Gasteiger partial charge in [0.25, 0.3) is 0 Å². The fourth-order valence-electron chi connectivity index (χ4n) is 2.96. The summed E-state index contributed by atoms with van der Waals surface area (Å²) in [4.78, 5) is 2.56. The maximum atomic E-state index is 5.46. The average Bonchev–Trinajstić information content (AvgIpc) is 2.58. The molecule has 1 fully saturated rings. The number of nitrogens with zero attached hydrogens (tertiary/aromatic N) is 1. The van der Waals surface area contributed by atoms with Gasteiger partial charge < -0.3 is 20.3 Å². The molecule has 0 aliphatic carbocycles. The van der Waals surface area contributed by atoms with Gasteiger partial charge in [0.1, 0.15) is 12.4 Å². The molecule has 2 rings (SSSR count). The van der Waals surface area contributed by atoms with Gasteiger partial charge in [-0.2, -0.15) is 0 Å². The van der Waals surface area contributed by atoms with Gasteiger partial charge in [-0.15, -0.1) is 0 Å². The van der Waals surface area contributed by atoms with Gasteiger partial charge in [0.15, 0.2) is 5.11 Å². The summed E-state index contributed by atoms with van der Waals surface area (Å²) in [6.45, 7) is 11.0. The lowest BCUT2D eigenvalue weighted by molar-refractivity contribution is 0.182. The summed E-state index contributed by atoms with van der Waals surface area (Å²) in [5.41, 5.74) is 0.961. The second-order valence-corrected chi connectivity index (χ2v) is 6.81. The smallest absolute Gasteiger partial charge is 0.170 e. The number of ether oxygens (including phenoxy) is 1. The van der Waals surface area contributed by atoms with Gasteiger partial charge in [0.2, 0.25) is 0 Å². The number of rotatable bonds is 8. The average molecular weight is 348 g/mol. The molecule has 0 amide bonds. The van der Waals surface area contributed by atoms with Crippen molar-refractivity contribution in [1.82, 2.24) is 10.2 Å². The fourth-order valence-corrected chi connectivity index (χ4v) is 3.18. The van der Waals surface area contributed by atoms with E-state index in [1.807, 2.05) is 24.3 Å². The number of hydrogen-bond donors (Lipinski definition) is 2. The summed E-state index contributed by atoms with van der Waals surface area (Å²) in [5, 5.41) is 7.15. The Labute approximate surface area is 151 Å². The van der Waals surface area contributed by atoms with Gasteiger partial charge in [-0.25, -0.2) is 0 Å². The van der Waals surface area contributed by atoms with E-state index in [1.165, 1.54) is 25.9 Å². The van der Waals surface area contributed by atoms with Crippen LogP contribution in [0.5, 0.6) is 5.75 Å². The lowest BCUT2D eigenvalue weighted by Crippen LogP contribution is -2.37. The van der Waals surface area contributed by atoms with Gasteiger partial charge in [-0.1, -0.05) is 19.6 Å². The summed E-state index contributed by atoms with van der Waals surface area (Å²) < 4.78 is 5.46. The highest BCUT2D eigenvalue weighted by Gasteiger charge is 2.15. The quantitative estimate of drug-likeness (QED) is 0.426. The molecule has 0 radical (unpaired) electrons. The van der Waals surface area contributed by atoms with Crippen molar-refractivity contribution in [2.45, 2.75) is 26.2 Å². The van der Waals surface area contributed by atoms with E-state index in [-0.39, 0.29) is 0 Å². The molecule has 24 heavy (non-hydrogen) atoms. The summed E-state index contributed by atoms with van der Waals surface area (Å²) >= 11 is 5.35. The summed E-state index contributed by atoms with van der Waals surface area (Å²) in [6, 6.07) is 7.76. The van der Waals surface area contributed by atoms with Crippen molar-refractivity contribution in [3.8, 4) is 5.75 Å². The third-order valence-electron chi connectivity index (χ3n) is 4.16. The first kappa shape index (κ1) is 18.7. The Bertz CT molecular complexity index is 518. The molecular weight excluding hydrogens is 318 g/mol. The molecule has 1 aliphatic rings. The molecule has 5 heteroatoms. The highest BCUT2D eigenvalue weighted by atomic mass is 32.1. The van der Waals surface area contributed by atoms with Crippen LogP contribution in [0.1, 0.15) is 26.2 Å². The Morgan fingerprint density at radius 2 is 2.21 bits per heavy atom.